The number of carbonyl (C=O) groups excluding carboxylic acids is 1. The molecule has 0 atom stereocenters. The number of nitrogens with zero attached hydrogens (tertiary/aromatic N) is 1. The molecule has 2 aromatic rings. The molecule has 0 saturated heterocycles. The number of anilines is 2. The third-order valence-electron chi connectivity index (χ3n) is 5.74. The molecular formula is C27H40N4O4. The van der Waals surface area contributed by atoms with Gasteiger partial charge >= 0.3 is 0 Å². The summed E-state index contributed by atoms with van der Waals surface area (Å²) in [5.74, 6) is 7.56. The maximum atomic E-state index is 13.2. The van der Waals surface area contributed by atoms with Crippen LogP contribution in [-0.4, -0.2) is 26.7 Å². The molecule has 0 spiro atoms. The van der Waals surface area contributed by atoms with Crippen LogP contribution >= 0.6 is 0 Å². The van der Waals surface area contributed by atoms with Crippen molar-refractivity contribution >= 4 is 17.3 Å². The van der Waals surface area contributed by atoms with Crippen molar-refractivity contribution in [1.29, 1.82) is 0 Å². The first-order valence-electron chi connectivity index (χ1n) is 11.8. The molecule has 5 N–H and O–H groups in total. The van der Waals surface area contributed by atoms with E-state index in [9.17, 15) is 4.79 Å². The van der Waals surface area contributed by atoms with Crippen LogP contribution in [0.4, 0.5) is 11.4 Å². The summed E-state index contributed by atoms with van der Waals surface area (Å²) in [6.45, 7) is 10.7. The maximum Gasteiger partial charge on any atom is 0.273 e. The van der Waals surface area contributed by atoms with Crippen LogP contribution < -0.4 is 36.1 Å². The van der Waals surface area contributed by atoms with E-state index < -0.39 is 5.91 Å². The highest BCUT2D eigenvalue weighted by Crippen LogP contribution is 2.34. The number of ether oxygens (including phenoxy) is 3. The third-order valence-corrected chi connectivity index (χ3v) is 5.74. The Kier molecular flexibility index (Phi) is 9.83. The molecule has 192 valence electrons. The Balaban J connectivity index is 2.35. The van der Waals surface area contributed by atoms with Gasteiger partial charge in [-0.15, -0.1) is 0 Å². The fraction of sp³-hybridized carbons (Fsp3) is 0.444. The van der Waals surface area contributed by atoms with Gasteiger partial charge in [-0.2, -0.15) is 0 Å². The number of amides is 1. The fourth-order valence-corrected chi connectivity index (χ4v) is 3.40. The zero-order valence-corrected chi connectivity index (χ0v) is 22.0. The number of allylic oxidation sites excluding steroid dienone is 1. The monoisotopic (exact) mass is 484 g/mol. The summed E-state index contributed by atoms with van der Waals surface area (Å²) in [4.78, 5) is 13.2. The summed E-state index contributed by atoms with van der Waals surface area (Å²) in [6.07, 6.45) is 3.12. The van der Waals surface area contributed by atoms with Gasteiger partial charge in [0.2, 0.25) is 0 Å². The average molecular weight is 485 g/mol. The SMILES string of the molecule is CCCCCOc1ccc(C(C)(C)C)cc1NC(=O)/C(N)=C(\C)N(N)c1cc(OC)ccc1OC. The van der Waals surface area contributed by atoms with Gasteiger partial charge in [0.1, 0.15) is 28.6 Å². The lowest BCUT2D eigenvalue weighted by Crippen LogP contribution is -2.34. The van der Waals surface area contributed by atoms with Crippen molar-refractivity contribution < 1.29 is 19.0 Å². The molecule has 8 heteroatoms. The number of hydrazine groups is 1. The van der Waals surface area contributed by atoms with Crippen LogP contribution in [-0.2, 0) is 10.2 Å². The molecule has 0 bridgehead atoms. The smallest absolute Gasteiger partial charge is 0.273 e. The minimum atomic E-state index is -0.482. The van der Waals surface area contributed by atoms with Crippen molar-refractivity contribution in [3.63, 3.8) is 0 Å². The van der Waals surface area contributed by atoms with E-state index in [1.165, 1.54) is 5.01 Å². The molecule has 0 radical (unpaired) electrons. The second kappa shape index (κ2) is 12.4. The van der Waals surface area contributed by atoms with Crippen molar-refractivity contribution in [2.24, 2.45) is 11.6 Å². The van der Waals surface area contributed by atoms with Gasteiger partial charge < -0.3 is 25.3 Å². The van der Waals surface area contributed by atoms with Crippen LogP contribution in [0.2, 0.25) is 0 Å². The molecule has 2 aromatic carbocycles. The van der Waals surface area contributed by atoms with Crippen LogP contribution in [0.25, 0.3) is 0 Å². The van der Waals surface area contributed by atoms with E-state index in [-0.39, 0.29) is 11.1 Å². The fourth-order valence-electron chi connectivity index (χ4n) is 3.40. The Morgan fingerprint density at radius 3 is 2.31 bits per heavy atom. The van der Waals surface area contributed by atoms with Crippen molar-refractivity contribution in [3.8, 4) is 17.2 Å². The molecule has 1 amide bonds. The van der Waals surface area contributed by atoms with E-state index in [2.05, 4.69) is 33.0 Å². The van der Waals surface area contributed by atoms with E-state index in [0.29, 0.717) is 40.9 Å². The van der Waals surface area contributed by atoms with Gasteiger partial charge in [0.25, 0.3) is 5.91 Å². The molecule has 2 rings (SSSR count). The second-order valence-electron chi connectivity index (χ2n) is 9.38. The van der Waals surface area contributed by atoms with Crippen LogP contribution in [0.15, 0.2) is 47.8 Å². The van der Waals surface area contributed by atoms with E-state index in [0.717, 1.165) is 24.8 Å². The first-order chi connectivity index (χ1) is 16.5. The zero-order valence-electron chi connectivity index (χ0n) is 22.0. The number of unbranched alkanes of at least 4 members (excludes halogenated alkanes) is 2. The third kappa shape index (κ3) is 7.29. The van der Waals surface area contributed by atoms with E-state index >= 15 is 0 Å². The van der Waals surface area contributed by atoms with Gasteiger partial charge in [0.15, 0.2) is 0 Å². The Labute approximate surface area is 209 Å². The number of rotatable bonds is 11. The summed E-state index contributed by atoms with van der Waals surface area (Å²) in [5, 5.41) is 4.23. The van der Waals surface area contributed by atoms with Crippen molar-refractivity contribution in [3.05, 3.63) is 53.4 Å². The predicted molar refractivity (Wildman–Crippen MR) is 142 cm³/mol. The molecule has 0 aliphatic carbocycles. The number of benzene rings is 2. The van der Waals surface area contributed by atoms with Crippen molar-refractivity contribution in [1.82, 2.24) is 0 Å². The summed E-state index contributed by atoms with van der Waals surface area (Å²) in [5.41, 5.74) is 8.61. The summed E-state index contributed by atoms with van der Waals surface area (Å²) >= 11 is 0. The quantitative estimate of drug-likeness (QED) is 0.176. The highest BCUT2D eigenvalue weighted by atomic mass is 16.5. The number of nitrogens with one attached hydrogen (secondary N) is 1. The number of nitrogens with two attached hydrogens (primary N) is 2. The minimum Gasteiger partial charge on any atom is -0.497 e. The maximum absolute atomic E-state index is 13.2. The Hall–Kier alpha value is -3.39. The molecule has 35 heavy (non-hydrogen) atoms. The largest absolute Gasteiger partial charge is 0.497 e. The van der Waals surface area contributed by atoms with Gasteiger partial charge in [-0.3, -0.25) is 9.80 Å². The van der Waals surface area contributed by atoms with E-state index in [1.807, 2.05) is 18.2 Å². The summed E-state index contributed by atoms with van der Waals surface area (Å²) < 4.78 is 16.7. The lowest BCUT2D eigenvalue weighted by Gasteiger charge is -2.24. The van der Waals surface area contributed by atoms with Crippen molar-refractivity contribution in [2.45, 2.75) is 59.3 Å². The topological polar surface area (TPSA) is 112 Å². The molecule has 0 aliphatic heterocycles. The van der Waals surface area contributed by atoms with Gasteiger partial charge in [0, 0.05) is 6.07 Å². The molecule has 0 aromatic heterocycles. The van der Waals surface area contributed by atoms with Gasteiger partial charge in [-0.1, -0.05) is 46.6 Å². The van der Waals surface area contributed by atoms with Gasteiger partial charge in [-0.05, 0) is 48.6 Å². The standard InChI is InChI=1S/C27H40N4O4/c1-8-9-10-15-35-23-13-11-19(27(3,4)5)16-21(23)30-26(32)25(28)18(2)31(29)22-17-20(33-6)12-14-24(22)34-7/h11-14,16-17H,8-10,15,28-29H2,1-7H3,(H,30,32)/b25-18-. The van der Waals surface area contributed by atoms with Crippen LogP contribution in [0.5, 0.6) is 17.2 Å². The summed E-state index contributed by atoms with van der Waals surface area (Å²) in [6, 6.07) is 11.0. The Morgan fingerprint density at radius 2 is 1.71 bits per heavy atom. The normalized spacial score (nSPS) is 12.0. The van der Waals surface area contributed by atoms with Crippen LogP contribution in [0, 0.1) is 0 Å². The molecular weight excluding hydrogens is 444 g/mol. The van der Waals surface area contributed by atoms with Crippen LogP contribution in [0.3, 0.4) is 0 Å². The number of hydrogen-bond acceptors (Lipinski definition) is 7. The van der Waals surface area contributed by atoms with E-state index in [1.54, 1.807) is 39.3 Å². The first kappa shape index (κ1) is 27.9. The second-order valence-corrected chi connectivity index (χ2v) is 9.38. The number of carbonyl (C=O) groups is 1. The highest BCUT2D eigenvalue weighted by molar-refractivity contribution is 6.04. The molecule has 0 heterocycles. The number of methoxy groups -OCH3 is 2. The molecule has 0 unspecified atom stereocenters. The zero-order chi connectivity index (χ0) is 26.2. The summed E-state index contributed by atoms with van der Waals surface area (Å²) in [7, 11) is 3.10. The minimum absolute atomic E-state index is 0.0320. The molecule has 8 nitrogen and oxygen atoms in total. The number of hydrogen-bond donors (Lipinski definition) is 3. The average Bonchev–Trinajstić information content (AvgIpc) is 2.84. The first-order valence-corrected chi connectivity index (χ1v) is 11.8. The van der Waals surface area contributed by atoms with Crippen molar-refractivity contribution in [2.75, 3.05) is 31.2 Å². The van der Waals surface area contributed by atoms with Gasteiger partial charge in [-0.25, -0.2) is 5.84 Å². The predicted octanol–water partition coefficient (Wildman–Crippen LogP) is 5.08. The molecule has 0 saturated carbocycles. The highest BCUT2D eigenvalue weighted by Gasteiger charge is 2.21. The van der Waals surface area contributed by atoms with E-state index in [4.69, 9.17) is 25.8 Å². The van der Waals surface area contributed by atoms with Gasteiger partial charge in [0.05, 0.1) is 32.2 Å². The lowest BCUT2D eigenvalue weighted by atomic mass is 9.87. The molecule has 0 fully saturated rings. The lowest BCUT2D eigenvalue weighted by molar-refractivity contribution is -0.113. The Morgan fingerprint density at radius 1 is 1.03 bits per heavy atom. The Bertz CT molecular complexity index is 1040. The van der Waals surface area contributed by atoms with Crippen LogP contribution in [0.1, 0.15) is 59.4 Å². The molecule has 0 aliphatic rings.